The minimum Gasteiger partial charge on any atom is -0.302 e. The van der Waals surface area contributed by atoms with Crippen LogP contribution in [-0.4, -0.2) is 20.0 Å². The van der Waals surface area contributed by atoms with Gasteiger partial charge in [-0.3, -0.25) is 18.7 Å². The second kappa shape index (κ2) is 8.94. The smallest absolute Gasteiger partial charge is 0.302 e. The summed E-state index contributed by atoms with van der Waals surface area (Å²) < 4.78 is 55.1. The summed E-state index contributed by atoms with van der Waals surface area (Å²) in [6, 6.07) is 5.79. The van der Waals surface area contributed by atoms with Gasteiger partial charge < -0.3 is 5.32 Å². The van der Waals surface area contributed by atoms with Crippen molar-refractivity contribution in [1.82, 2.24) is 14.1 Å². The molecule has 0 unspecified atom stereocenters. The summed E-state index contributed by atoms with van der Waals surface area (Å²) in [7, 11) is 1.59. The maximum atomic E-state index is 14.0. The summed E-state index contributed by atoms with van der Waals surface area (Å²) >= 11 is 1.03. The minimum absolute atomic E-state index is 0.133. The average molecular weight is 533 g/mol. The first-order chi connectivity index (χ1) is 17.5. The van der Waals surface area contributed by atoms with Gasteiger partial charge in [0.2, 0.25) is 5.91 Å². The molecule has 12 heteroatoms. The molecule has 1 fully saturated rings. The number of aromatic nitrogens is 3. The third kappa shape index (κ3) is 4.57. The average Bonchev–Trinajstić information content (AvgIpc) is 3.55. The third-order valence-electron chi connectivity index (χ3n) is 6.38. The van der Waals surface area contributed by atoms with Crippen LogP contribution in [0.3, 0.4) is 0 Å². The molecule has 1 saturated carbocycles. The predicted molar refractivity (Wildman–Crippen MR) is 131 cm³/mol. The number of thiazole rings is 1. The molecular formula is C25H20F4N4O3S. The van der Waals surface area contributed by atoms with E-state index in [1.807, 2.05) is 0 Å². The van der Waals surface area contributed by atoms with Crippen molar-refractivity contribution in [3.05, 3.63) is 79.1 Å². The van der Waals surface area contributed by atoms with Crippen LogP contribution in [0.5, 0.6) is 0 Å². The molecule has 1 N–H and O–H groups in total. The van der Waals surface area contributed by atoms with E-state index < -0.39 is 34.7 Å². The van der Waals surface area contributed by atoms with Gasteiger partial charge in [0.1, 0.15) is 5.82 Å². The van der Waals surface area contributed by atoms with Crippen molar-refractivity contribution in [2.75, 3.05) is 5.32 Å². The van der Waals surface area contributed by atoms with Crippen LogP contribution in [0.15, 0.2) is 45.3 Å². The highest BCUT2D eigenvalue weighted by Crippen LogP contribution is 2.35. The third-order valence-corrected chi connectivity index (χ3v) is 7.14. The lowest BCUT2D eigenvalue weighted by molar-refractivity contribution is -0.140. The van der Waals surface area contributed by atoms with Crippen LogP contribution < -0.4 is 16.6 Å². The van der Waals surface area contributed by atoms with Gasteiger partial charge in [0.15, 0.2) is 5.13 Å². The number of benzene rings is 2. The number of rotatable bonds is 5. The Morgan fingerprint density at radius 3 is 2.57 bits per heavy atom. The maximum Gasteiger partial charge on any atom is 0.419 e. The van der Waals surface area contributed by atoms with Crippen LogP contribution in [0.2, 0.25) is 0 Å². The van der Waals surface area contributed by atoms with E-state index in [1.54, 1.807) is 26.1 Å². The highest BCUT2D eigenvalue weighted by molar-refractivity contribution is 7.14. The fraction of sp³-hybridized carbons (Fsp3) is 0.280. The van der Waals surface area contributed by atoms with E-state index >= 15 is 0 Å². The molecule has 4 aromatic rings. The van der Waals surface area contributed by atoms with Crippen LogP contribution in [0.1, 0.15) is 35.6 Å². The first-order valence-electron chi connectivity index (χ1n) is 11.3. The largest absolute Gasteiger partial charge is 0.419 e. The number of hydrogen-bond acceptors (Lipinski definition) is 5. The van der Waals surface area contributed by atoms with Crippen molar-refractivity contribution in [1.29, 1.82) is 0 Å². The van der Waals surface area contributed by atoms with Crippen molar-refractivity contribution in [2.45, 2.75) is 38.4 Å². The number of nitrogens with one attached hydrogen (secondary N) is 1. The quantitative estimate of drug-likeness (QED) is 0.374. The first kappa shape index (κ1) is 24.9. The van der Waals surface area contributed by atoms with Crippen molar-refractivity contribution in [3.8, 4) is 11.3 Å². The zero-order chi connectivity index (χ0) is 26.6. The SMILES string of the molecule is Cc1ccc2c(c1CC(=O)Nc1nc(-c3ccc(C(F)(F)F)c(F)c3)cs1)c(=O)n(C1CC1)c(=O)n2C. The minimum atomic E-state index is -4.81. The van der Waals surface area contributed by atoms with Gasteiger partial charge in [0.25, 0.3) is 5.56 Å². The number of aryl methyl sites for hydroxylation is 2. The molecule has 2 aromatic heterocycles. The highest BCUT2D eigenvalue weighted by atomic mass is 32.1. The maximum absolute atomic E-state index is 14.0. The lowest BCUT2D eigenvalue weighted by Gasteiger charge is -2.14. The van der Waals surface area contributed by atoms with E-state index in [9.17, 15) is 31.9 Å². The van der Waals surface area contributed by atoms with Gasteiger partial charge in [0, 0.05) is 24.0 Å². The number of carbonyl (C=O) groups excluding carboxylic acids is 1. The molecule has 7 nitrogen and oxygen atoms in total. The number of hydrogen-bond donors (Lipinski definition) is 1. The first-order valence-corrected chi connectivity index (χ1v) is 12.2. The van der Waals surface area contributed by atoms with Crippen molar-refractivity contribution < 1.29 is 22.4 Å². The lowest BCUT2D eigenvalue weighted by atomic mass is 10.00. The molecule has 192 valence electrons. The Balaban J connectivity index is 1.42. The van der Waals surface area contributed by atoms with Crippen LogP contribution >= 0.6 is 11.3 Å². The molecular weight excluding hydrogens is 512 g/mol. The number of amides is 1. The number of nitrogens with zero attached hydrogens (tertiary/aromatic N) is 3. The molecule has 0 saturated heterocycles. The number of alkyl halides is 3. The van der Waals surface area contributed by atoms with Gasteiger partial charge >= 0.3 is 11.9 Å². The van der Waals surface area contributed by atoms with E-state index in [-0.39, 0.29) is 28.9 Å². The van der Waals surface area contributed by atoms with Crippen LogP contribution in [-0.2, 0) is 24.4 Å². The van der Waals surface area contributed by atoms with E-state index in [0.717, 1.165) is 36.3 Å². The molecule has 1 aliphatic rings. The van der Waals surface area contributed by atoms with Gasteiger partial charge in [-0.25, -0.2) is 14.2 Å². The van der Waals surface area contributed by atoms with E-state index in [0.29, 0.717) is 28.1 Å². The Kier molecular flexibility index (Phi) is 6.01. The fourth-order valence-corrected chi connectivity index (χ4v) is 5.04. The summed E-state index contributed by atoms with van der Waals surface area (Å²) in [4.78, 5) is 43.1. The summed E-state index contributed by atoms with van der Waals surface area (Å²) in [5.41, 5.74) is -0.218. The molecule has 0 radical (unpaired) electrons. The van der Waals surface area contributed by atoms with Crippen molar-refractivity contribution >= 4 is 33.3 Å². The lowest BCUT2D eigenvalue weighted by Crippen LogP contribution is -2.39. The van der Waals surface area contributed by atoms with E-state index in [2.05, 4.69) is 10.3 Å². The van der Waals surface area contributed by atoms with Gasteiger partial charge in [-0.15, -0.1) is 11.3 Å². The summed E-state index contributed by atoms with van der Waals surface area (Å²) in [6.07, 6.45) is -3.47. The summed E-state index contributed by atoms with van der Waals surface area (Å²) in [5.74, 6) is -1.89. The normalized spacial score (nSPS) is 13.8. The number of fused-ring (bicyclic) bond motifs is 1. The Labute approximate surface area is 211 Å². The molecule has 0 spiro atoms. The van der Waals surface area contributed by atoms with E-state index in [1.165, 1.54) is 14.5 Å². The Morgan fingerprint density at radius 1 is 1.19 bits per heavy atom. The molecule has 1 aliphatic carbocycles. The second-order valence-electron chi connectivity index (χ2n) is 8.96. The molecule has 0 atom stereocenters. The molecule has 0 bridgehead atoms. The molecule has 2 aromatic carbocycles. The molecule has 5 rings (SSSR count). The zero-order valence-electron chi connectivity index (χ0n) is 19.6. The van der Waals surface area contributed by atoms with Crippen LogP contribution in [0, 0.1) is 12.7 Å². The van der Waals surface area contributed by atoms with Crippen molar-refractivity contribution in [3.63, 3.8) is 0 Å². The monoisotopic (exact) mass is 532 g/mol. The Morgan fingerprint density at radius 2 is 1.92 bits per heavy atom. The van der Waals surface area contributed by atoms with Gasteiger partial charge in [0.05, 0.1) is 28.6 Å². The van der Waals surface area contributed by atoms with E-state index in [4.69, 9.17) is 0 Å². The molecule has 1 amide bonds. The van der Waals surface area contributed by atoms with Gasteiger partial charge in [-0.1, -0.05) is 12.1 Å². The van der Waals surface area contributed by atoms with Crippen molar-refractivity contribution in [2.24, 2.45) is 7.05 Å². The summed E-state index contributed by atoms with van der Waals surface area (Å²) in [6.45, 7) is 1.77. The van der Waals surface area contributed by atoms with Gasteiger partial charge in [-0.2, -0.15) is 13.2 Å². The molecule has 37 heavy (non-hydrogen) atoms. The Bertz CT molecular complexity index is 1680. The van der Waals surface area contributed by atoms with Gasteiger partial charge in [-0.05, 0) is 49.1 Å². The second-order valence-corrected chi connectivity index (χ2v) is 9.82. The standard InChI is InChI=1S/C25H20F4N4O3S/c1-12-3-8-19-21(22(35)33(14-5-6-14)24(36)32(19)2)15(12)10-20(34)31-23-30-18(11-37-23)13-4-7-16(17(26)9-13)25(27,28)29/h3-4,7-9,11,14H,5-6,10H2,1-2H3,(H,30,31,34). The molecule has 2 heterocycles. The predicted octanol–water partition coefficient (Wildman–Crippen LogP) is 4.81. The molecule has 0 aliphatic heterocycles. The van der Waals surface area contributed by atoms with Crippen LogP contribution in [0.4, 0.5) is 22.7 Å². The Hall–Kier alpha value is -3.80. The fourth-order valence-electron chi connectivity index (χ4n) is 4.30. The number of anilines is 1. The summed E-state index contributed by atoms with van der Waals surface area (Å²) in [5, 5.41) is 4.60. The van der Waals surface area contributed by atoms with Crippen LogP contribution in [0.25, 0.3) is 22.2 Å². The number of halogens is 4. The topological polar surface area (TPSA) is 86.0 Å². The highest BCUT2D eigenvalue weighted by Gasteiger charge is 2.34. The zero-order valence-corrected chi connectivity index (χ0v) is 20.5. The number of carbonyl (C=O) groups is 1.